The summed E-state index contributed by atoms with van der Waals surface area (Å²) in [6.45, 7) is 0.131. The van der Waals surface area contributed by atoms with Gasteiger partial charge in [0, 0.05) is 13.0 Å². The minimum absolute atomic E-state index is 0.126. The molecule has 0 fully saturated rings. The first-order chi connectivity index (χ1) is 5.68. The molecule has 0 rings (SSSR count). The third-order valence-electron chi connectivity index (χ3n) is 1.34. The first-order valence-electron chi connectivity index (χ1n) is 3.85. The van der Waals surface area contributed by atoms with E-state index in [1.165, 1.54) is 0 Å². The highest BCUT2D eigenvalue weighted by atomic mass is 16.4. The molecule has 0 saturated carbocycles. The molecule has 0 spiro atoms. The Balaban J connectivity index is 3.40. The van der Waals surface area contributed by atoms with Crippen LogP contribution in [-0.2, 0) is 4.79 Å². The van der Waals surface area contributed by atoms with Crippen molar-refractivity contribution in [3.05, 3.63) is 12.2 Å². The zero-order valence-electron chi connectivity index (χ0n) is 6.81. The van der Waals surface area contributed by atoms with Gasteiger partial charge in [-0.3, -0.25) is 0 Å². The van der Waals surface area contributed by atoms with E-state index in [0.29, 0.717) is 12.8 Å². The topological polar surface area (TPSA) is 77.8 Å². The molecule has 0 bridgehead atoms. The predicted molar refractivity (Wildman–Crippen MR) is 43.7 cm³/mol. The molecule has 12 heavy (non-hydrogen) atoms. The second-order valence-electron chi connectivity index (χ2n) is 2.43. The Hall–Kier alpha value is -0.870. The van der Waals surface area contributed by atoms with Gasteiger partial charge in [0.1, 0.15) is 0 Å². The Labute approximate surface area is 71.1 Å². The lowest BCUT2D eigenvalue weighted by atomic mass is 10.2. The van der Waals surface area contributed by atoms with Crippen LogP contribution in [0, 0.1) is 0 Å². The van der Waals surface area contributed by atoms with Crippen LogP contribution in [-0.4, -0.2) is 34.0 Å². The largest absolute Gasteiger partial charge is 0.479 e. The lowest BCUT2D eigenvalue weighted by Crippen LogP contribution is -2.17. The van der Waals surface area contributed by atoms with Gasteiger partial charge in [-0.05, 0) is 12.8 Å². The number of carbonyl (C=O) groups is 1. The molecule has 0 aromatic carbocycles. The molecule has 0 aliphatic rings. The van der Waals surface area contributed by atoms with E-state index in [1.54, 1.807) is 12.2 Å². The number of unbranched alkanes of at least 4 members (excludes halogenated alkanes) is 1. The van der Waals surface area contributed by atoms with Gasteiger partial charge < -0.3 is 15.3 Å². The second kappa shape index (κ2) is 6.82. The van der Waals surface area contributed by atoms with Gasteiger partial charge in [0.25, 0.3) is 0 Å². The Morgan fingerprint density at radius 2 is 2.08 bits per heavy atom. The number of hydrogen-bond donors (Lipinski definition) is 3. The van der Waals surface area contributed by atoms with Crippen LogP contribution in [0.25, 0.3) is 0 Å². The van der Waals surface area contributed by atoms with E-state index in [2.05, 4.69) is 0 Å². The number of rotatable bonds is 6. The van der Waals surface area contributed by atoms with Crippen LogP contribution in [0.5, 0.6) is 0 Å². The molecule has 0 aromatic heterocycles. The highest BCUT2D eigenvalue weighted by molar-refractivity contribution is 5.72. The minimum Gasteiger partial charge on any atom is -0.479 e. The van der Waals surface area contributed by atoms with Gasteiger partial charge in [-0.2, -0.15) is 0 Å². The lowest BCUT2D eigenvalue weighted by Gasteiger charge is -1.98. The molecule has 0 aliphatic carbocycles. The monoisotopic (exact) mass is 174 g/mol. The summed E-state index contributed by atoms with van der Waals surface area (Å²) in [5.41, 5.74) is 0. The number of carboxylic acids is 1. The summed E-state index contributed by atoms with van der Waals surface area (Å²) in [5.74, 6) is -1.21. The molecular formula is C8H14O4. The van der Waals surface area contributed by atoms with Gasteiger partial charge in [-0.15, -0.1) is 0 Å². The fourth-order valence-corrected chi connectivity index (χ4v) is 0.653. The smallest absolute Gasteiger partial charge is 0.332 e. The fraction of sp³-hybridized carbons (Fsp3) is 0.625. The SMILES string of the molecule is O=C(O)[C@H](O)C/C=C/CCCO. The molecule has 70 valence electrons. The average molecular weight is 174 g/mol. The molecule has 0 aromatic rings. The zero-order chi connectivity index (χ0) is 9.40. The maximum Gasteiger partial charge on any atom is 0.332 e. The predicted octanol–water partition coefficient (Wildman–Crippen LogP) is 0.151. The quantitative estimate of drug-likeness (QED) is 0.395. The Bertz CT molecular complexity index is 153. The Morgan fingerprint density at radius 3 is 2.58 bits per heavy atom. The third kappa shape index (κ3) is 5.88. The van der Waals surface area contributed by atoms with Crippen LogP contribution in [0.4, 0.5) is 0 Å². The molecule has 4 nitrogen and oxygen atoms in total. The summed E-state index contributed by atoms with van der Waals surface area (Å²) >= 11 is 0. The van der Waals surface area contributed by atoms with Crippen LogP contribution >= 0.6 is 0 Å². The minimum atomic E-state index is -1.31. The van der Waals surface area contributed by atoms with Crippen LogP contribution in [0.15, 0.2) is 12.2 Å². The summed E-state index contributed by atoms with van der Waals surface area (Å²) in [6, 6.07) is 0. The van der Waals surface area contributed by atoms with Gasteiger partial charge in [-0.1, -0.05) is 12.2 Å². The maximum absolute atomic E-state index is 10.1. The molecule has 0 unspecified atom stereocenters. The van der Waals surface area contributed by atoms with E-state index in [1.807, 2.05) is 0 Å². The first-order valence-corrected chi connectivity index (χ1v) is 3.85. The van der Waals surface area contributed by atoms with E-state index < -0.39 is 12.1 Å². The molecule has 3 N–H and O–H groups in total. The van der Waals surface area contributed by atoms with Crippen LogP contribution < -0.4 is 0 Å². The van der Waals surface area contributed by atoms with Crippen molar-refractivity contribution in [2.45, 2.75) is 25.4 Å². The molecule has 4 heteroatoms. The summed E-state index contributed by atoms with van der Waals surface area (Å²) < 4.78 is 0. The molecule has 0 radical (unpaired) electrons. The van der Waals surface area contributed by atoms with Crippen molar-refractivity contribution >= 4 is 5.97 Å². The second-order valence-corrected chi connectivity index (χ2v) is 2.43. The highest BCUT2D eigenvalue weighted by Gasteiger charge is 2.09. The number of hydrogen-bond acceptors (Lipinski definition) is 3. The molecule has 0 heterocycles. The van der Waals surface area contributed by atoms with Gasteiger partial charge in [-0.25, -0.2) is 4.79 Å². The Morgan fingerprint density at radius 1 is 1.42 bits per heavy atom. The van der Waals surface area contributed by atoms with Crippen LogP contribution in [0.2, 0.25) is 0 Å². The van der Waals surface area contributed by atoms with Gasteiger partial charge in [0.15, 0.2) is 6.10 Å². The number of allylic oxidation sites excluding steroid dienone is 1. The van der Waals surface area contributed by atoms with Crippen molar-refractivity contribution in [3.63, 3.8) is 0 Å². The van der Waals surface area contributed by atoms with Crippen molar-refractivity contribution < 1.29 is 20.1 Å². The summed E-state index contributed by atoms with van der Waals surface area (Å²) in [4.78, 5) is 10.1. The van der Waals surface area contributed by atoms with E-state index in [4.69, 9.17) is 15.3 Å². The number of aliphatic hydroxyl groups excluding tert-OH is 2. The normalized spacial score (nSPS) is 13.5. The molecule has 0 amide bonds. The summed E-state index contributed by atoms with van der Waals surface area (Å²) in [7, 11) is 0. The van der Waals surface area contributed by atoms with E-state index in [0.717, 1.165) is 0 Å². The van der Waals surface area contributed by atoms with Crippen molar-refractivity contribution in [2.24, 2.45) is 0 Å². The number of aliphatic hydroxyl groups is 2. The number of carboxylic acid groups (broad SMARTS) is 1. The zero-order valence-corrected chi connectivity index (χ0v) is 6.81. The maximum atomic E-state index is 10.1. The van der Waals surface area contributed by atoms with Gasteiger partial charge in [0.05, 0.1) is 0 Å². The van der Waals surface area contributed by atoms with Crippen molar-refractivity contribution in [3.8, 4) is 0 Å². The average Bonchev–Trinajstić information content (AvgIpc) is 2.03. The fourth-order valence-electron chi connectivity index (χ4n) is 0.653. The van der Waals surface area contributed by atoms with Crippen molar-refractivity contribution in [1.82, 2.24) is 0 Å². The molecule has 0 saturated heterocycles. The van der Waals surface area contributed by atoms with Gasteiger partial charge >= 0.3 is 5.97 Å². The van der Waals surface area contributed by atoms with Crippen LogP contribution in [0.3, 0.4) is 0 Å². The van der Waals surface area contributed by atoms with Gasteiger partial charge in [0.2, 0.25) is 0 Å². The number of aliphatic carboxylic acids is 1. The third-order valence-corrected chi connectivity index (χ3v) is 1.34. The lowest BCUT2D eigenvalue weighted by molar-refractivity contribution is -0.146. The Kier molecular flexibility index (Phi) is 6.32. The van der Waals surface area contributed by atoms with Crippen LogP contribution in [0.1, 0.15) is 19.3 Å². The van der Waals surface area contributed by atoms with Crippen molar-refractivity contribution in [2.75, 3.05) is 6.61 Å². The molecule has 1 atom stereocenters. The standard InChI is InChI=1S/C8H14O4/c9-6-4-2-1-3-5-7(10)8(11)12/h1,3,7,9-10H,2,4-6H2,(H,11,12)/b3-1+/t7-/m1/s1. The van der Waals surface area contributed by atoms with Crippen molar-refractivity contribution in [1.29, 1.82) is 0 Å². The molecular weight excluding hydrogens is 160 g/mol. The van der Waals surface area contributed by atoms with E-state index in [9.17, 15) is 4.79 Å². The highest BCUT2D eigenvalue weighted by Crippen LogP contribution is 1.96. The van der Waals surface area contributed by atoms with E-state index in [-0.39, 0.29) is 13.0 Å². The summed E-state index contributed by atoms with van der Waals surface area (Å²) in [5, 5.41) is 25.4. The van der Waals surface area contributed by atoms with E-state index >= 15 is 0 Å². The summed E-state index contributed by atoms with van der Waals surface area (Å²) in [6.07, 6.45) is 3.55. The molecule has 0 aliphatic heterocycles. The first kappa shape index (κ1) is 11.1.